The van der Waals surface area contributed by atoms with Crippen molar-refractivity contribution in [3.8, 4) is 11.4 Å². The minimum atomic E-state index is 0.219. The molecule has 0 radical (unpaired) electrons. The molecule has 0 unspecified atom stereocenters. The molecular formula is C12H15N5. The van der Waals surface area contributed by atoms with Crippen LogP contribution >= 0.6 is 0 Å². The smallest absolute Gasteiger partial charge is 0.224 e. The molecule has 1 aliphatic heterocycles. The van der Waals surface area contributed by atoms with Crippen molar-refractivity contribution in [2.75, 3.05) is 11.9 Å². The molecular weight excluding hydrogens is 214 g/mol. The summed E-state index contributed by atoms with van der Waals surface area (Å²) >= 11 is 0. The van der Waals surface area contributed by atoms with Crippen molar-refractivity contribution in [3.63, 3.8) is 0 Å². The van der Waals surface area contributed by atoms with Gasteiger partial charge in [-0.2, -0.15) is 0 Å². The molecule has 3 heterocycles. The Balaban J connectivity index is 2.07. The van der Waals surface area contributed by atoms with Crippen LogP contribution < -0.4 is 5.32 Å². The predicted molar refractivity (Wildman–Crippen MR) is 65.5 cm³/mol. The third-order valence-corrected chi connectivity index (χ3v) is 3.00. The number of hydrogen-bond acceptors (Lipinski definition) is 4. The molecule has 88 valence electrons. The molecule has 0 saturated heterocycles. The minimum absolute atomic E-state index is 0.219. The van der Waals surface area contributed by atoms with E-state index in [0.717, 1.165) is 30.4 Å². The summed E-state index contributed by atoms with van der Waals surface area (Å²) < 4.78 is 2.14. The van der Waals surface area contributed by atoms with E-state index in [4.69, 9.17) is 0 Å². The molecule has 0 aliphatic carbocycles. The average Bonchev–Trinajstić information content (AvgIpc) is 2.71. The van der Waals surface area contributed by atoms with Gasteiger partial charge in [-0.05, 0) is 12.1 Å². The van der Waals surface area contributed by atoms with Crippen LogP contribution in [0.1, 0.15) is 13.8 Å². The van der Waals surface area contributed by atoms with E-state index < -0.39 is 0 Å². The molecule has 0 bridgehead atoms. The van der Waals surface area contributed by atoms with Gasteiger partial charge in [-0.3, -0.25) is 9.55 Å². The van der Waals surface area contributed by atoms with Crippen LogP contribution in [0, 0.1) is 5.41 Å². The molecule has 0 saturated carbocycles. The van der Waals surface area contributed by atoms with Crippen LogP contribution in [-0.4, -0.2) is 26.3 Å². The Morgan fingerprint density at radius 1 is 1.24 bits per heavy atom. The van der Waals surface area contributed by atoms with E-state index in [1.54, 1.807) is 12.4 Å². The summed E-state index contributed by atoms with van der Waals surface area (Å²) in [5.41, 5.74) is 1.27. The molecule has 0 atom stereocenters. The fourth-order valence-electron chi connectivity index (χ4n) is 2.10. The van der Waals surface area contributed by atoms with Gasteiger partial charge in [-0.15, -0.1) is 10.2 Å². The second kappa shape index (κ2) is 3.55. The highest BCUT2D eigenvalue weighted by atomic mass is 15.4. The maximum atomic E-state index is 4.26. The lowest BCUT2D eigenvalue weighted by atomic mass is 9.92. The van der Waals surface area contributed by atoms with Crippen LogP contribution in [0.25, 0.3) is 11.4 Å². The number of fused-ring (bicyclic) bond motifs is 1. The van der Waals surface area contributed by atoms with E-state index in [0.29, 0.717) is 0 Å². The topological polar surface area (TPSA) is 55.6 Å². The van der Waals surface area contributed by atoms with E-state index >= 15 is 0 Å². The summed E-state index contributed by atoms with van der Waals surface area (Å²) in [6.45, 7) is 6.33. The van der Waals surface area contributed by atoms with Gasteiger partial charge in [0.2, 0.25) is 5.95 Å². The number of rotatable bonds is 1. The third kappa shape index (κ3) is 1.77. The number of hydrogen-bond donors (Lipinski definition) is 1. The molecule has 17 heavy (non-hydrogen) atoms. The Labute approximate surface area is 99.9 Å². The number of nitrogens with one attached hydrogen (secondary N) is 1. The zero-order valence-electron chi connectivity index (χ0n) is 10.0. The van der Waals surface area contributed by atoms with Gasteiger partial charge in [0.25, 0.3) is 0 Å². The molecule has 5 nitrogen and oxygen atoms in total. The Morgan fingerprint density at radius 3 is 2.76 bits per heavy atom. The normalized spacial score (nSPS) is 17.3. The van der Waals surface area contributed by atoms with Gasteiger partial charge in [0.15, 0.2) is 5.82 Å². The average molecular weight is 229 g/mol. The number of nitrogens with zero attached hydrogens (tertiary/aromatic N) is 4. The van der Waals surface area contributed by atoms with Crippen LogP contribution in [0.3, 0.4) is 0 Å². The number of aromatic nitrogens is 4. The van der Waals surface area contributed by atoms with Gasteiger partial charge in [0.05, 0.1) is 0 Å². The second-order valence-corrected chi connectivity index (χ2v) is 5.19. The van der Waals surface area contributed by atoms with Crippen LogP contribution in [0.5, 0.6) is 0 Å². The summed E-state index contributed by atoms with van der Waals surface area (Å²) in [5.74, 6) is 1.76. The highest BCUT2D eigenvalue weighted by Gasteiger charge is 2.28. The Hall–Kier alpha value is -1.91. The van der Waals surface area contributed by atoms with Crippen LogP contribution in [0.4, 0.5) is 5.95 Å². The Kier molecular flexibility index (Phi) is 2.14. The lowest BCUT2D eigenvalue weighted by molar-refractivity contribution is 0.311. The van der Waals surface area contributed by atoms with Crippen LogP contribution in [0.15, 0.2) is 24.5 Å². The zero-order chi connectivity index (χ0) is 11.9. The lowest BCUT2D eigenvalue weighted by Crippen LogP contribution is -2.34. The first kappa shape index (κ1) is 10.3. The summed E-state index contributed by atoms with van der Waals surface area (Å²) in [6, 6.07) is 3.91. The van der Waals surface area contributed by atoms with Gasteiger partial charge in [0, 0.05) is 36.5 Å². The standard InChI is InChI=1S/C12H15N5/c1-12(2)7-14-11-16-15-10(17(11)8-12)9-3-5-13-6-4-9/h3-6H,7-8H2,1-2H3,(H,14,16). The maximum absolute atomic E-state index is 4.26. The van der Waals surface area contributed by atoms with Gasteiger partial charge in [-0.25, -0.2) is 0 Å². The highest BCUT2D eigenvalue weighted by Crippen LogP contribution is 2.29. The molecule has 1 aliphatic rings. The molecule has 0 amide bonds. The van der Waals surface area contributed by atoms with E-state index in [1.165, 1.54) is 0 Å². The molecule has 0 aromatic carbocycles. The minimum Gasteiger partial charge on any atom is -0.354 e. The van der Waals surface area contributed by atoms with Crippen molar-refractivity contribution in [2.24, 2.45) is 5.41 Å². The van der Waals surface area contributed by atoms with Crippen molar-refractivity contribution in [1.82, 2.24) is 19.7 Å². The van der Waals surface area contributed by atoms with Crippen molar-refractivity contribution in [3.05, 3.63) is 24.5 Å². The van der Waals surface area contributed by atoms with Crippen molar-refractivity contribution in [1.29, 1.82) is 0 Å². The maximum Gasteiger partial charge on any atom is 0.224 e. The fourth-order valence-corrected chi connectivity index (χ4v) is 2.10. The molecule has 2 aromatic rings. The summed E-state index contributed by atoms with van der Waals surface area (Å²) in [7, 11) is 0. The van der Waals surface area contributed by atoms with Crippen LogP contribution in [0.2, 0.25) is 0 Å². The third-order valence-electron chi connectivity index (χ3n) is 3.00. The van der Waals surface area contributed by atoms with Crippen molar-refractivity contribution >= 4 is 5.95 Å². The van der Waals surface area contributed by atoms with Crippen molar-refractivity contribution in [2.45, 2.75) is 20.4 Å². The SMILES string of the molecule is CC1(C)CNc2nnc(-c3ccncc3)n2C1. The number of anilines is 1. The van der Waals surface area contributed by atoms with Gasteiger partial charge >= 0.3 is 0 Å². The fraction of sp³-hybridized carbons (Fsp3) is 0.417. The number of pyridine rings is 1. The highest BCUT2D eigenvalue weighted by molar-refractivity contribution is 5.56. The largest absolute Gasteiger partial charge is 0.354 e. The lowest BCUT2D eigenvalue weighted by Gasteiger charge is -2.31. The van der Waals surface area contributed by atoms with Crippen molar-refractivity contribution < 1.29 is 0 Å². The summed E-state index contributed by atoms with van der Waals surface area (Å²) in [5, 5.41) is 11.8. The molecule has 5 heteroatoms. The molecule has 0 fully saturated rings. The first-order chi connectivity index (χ1) is 8.16. The van der Waals surface area contributed by atoms with Crippen LogP contribution in [-0.2, 0) is 6.54 Å². The first-order valence-corrected chi connectivity index (χ1v) is 5.73. The van der Waals surface area contributed by atoms with E-state index in [2.05, 4.69) is 38.9 Å². The second-order valence-electron chi connectivity index (χ2n) is 5.19. The van der Waals surface area contributed by atoms with E-state index in [-0.39, 0.29) is 5.41 Å². The Morgan fingerprint density at radius 2 is 2.00 bits per heavy atom. The van der Waals surface area contributed by atoms with Gasteiger partial charge in [0.1, 0.15) is 0 Å². The summed E-state index contributed by atoms with van der Waals surface area (Å²) in [4.78, 5) is 4.02. The Bertz CT molecular complexity index is 529. The molecule has 0 spiro atoms. The molecule has 1 N–H and O–H groups in total. The monoisotopic (exact) mass is 229 g/mol. The zero-order valence-corrected chi connectivity index (χ0v) is 10.0. The first-order valence-electron chi connectivity index (χ1n) is 5.73. The quantitative estimate of drug-likeness (QED) is 0.810. The van der Waals surface area contributed by atoms with Gasteiger partial charge < -0.3 is 5.32 Å². The predicted octanol–water partition coefficient (Wildman–Crippen LogP) is 1.79. The van der Waals surface area contributed by atoms with E-state index in [1.807, 2.05) is 12.1 Å². The molecule has 2 aromatic heterocycles. The summed E-state index contributed by atoms with van der Waals surface area (Å²) in [6.07, 6.45) is 3.55. The molecule has 3 rings (SSSR count). The van der Waals surface area contributed by atoms with E-state index in [9.17, 15) is 0 Å². The van der Waals surface area contributed by atoms with Gasteiger partial charge in [-0.1, -0.05) is 13.8 Å².